The van der Waals surface area contributed by atoms with Gasteiger partial charge in [-0.2, -0.15) is 4.39 Å². The number of nitrogens with two attached hydrogens (primary N) is 1. The van der Waals surface area contributed by atoms with Crippen molar-refractivity contribution in [2.24, 2.45) is 11.7 Å². The van der Waals surface area contributed by atoms with Gasteiger partial charge in [0.1, 0.15) is 22.7 Å². The van der Waals surface area contributed by atoms with E-state index in [1.165, 1.54) is 25.5 Å². The fraction of sp³-hybridized carbons (Fsp3) is 0.385. The molecule has 0 bridgehead atoms. The number of benzene rings is 1. The predicted octanol–water partition coefficient (Wildman–Crippen LogP) is 5.14. The van der Waals surface area contributed by atoms with Gasteiger partial charge in [-0.25, -0.2) is 9.97 Å². The fourth-order valence-electron chi connectivity index (χ4n) is 5.75. The first-order chi connectivity index (χ1) is 16.5. The van der Waals surface area contributed by atoms with Gasteiger partial charge in [0.15, 0.2) is 5.75 Å². The van der Waals surface area contributed by atoms with Crippen LogP contribution in [-0.4, -0.2) is 28.8 Å². The Hall–Kier alpha value is -2.58. The number of rotatable bonds is 2. The van der Waals surface area contributed by atoms with E-state index in [-0.39, 0.29) is 6.04 Å². The van der Waals surface area contributed by atoms with Crippen LogP contribution < -0.4 is 15.8 Å². The SMILES string of the molecule is NC1O[C@@]2(CN[C@H]1C1CCCCC1)c1cc(-c3cccnc3F)ccc1Oc1cnc(Cl)cc12. The minimum absolute atomic E-state index is 0.0666. The van der Waals surface area contributed by atoms with Crippen LogP contribution in [0.3, 0.4) is 0 Å². The molecule has 3 aromatic rings. The highest BCUT2D eigenvalue weighted by molar-refractivity contribution is 6.29. The second kappa shape index (κ2) is 8.57. The zero-order valence-corrected chi connectivity index (χ0v) is 19.4. The summed E-state index contributed by atoms with van der Waals surface area (Å²) >= 11 is 6.31. The summed E-state index contributed by atoms with van der Waals surface area (Å²) in [5.41, 5.74) is 8.37. The highest BCUT2D eigenvalue weighted by Gasteiger charge is 2.50. The molecule has 2 aliphatic heterocycles. The maximum Gasteiger partial charge on any atom is 0.220 e. The smallest absolute Gasteiger partial charge is 0.220 e. The fourth-order valence-corrected chi connectivity index (χ4v) is 5.91. The van der Waals surface area contributed by atoms with Crippen LogP contribution in [0.15, 0.2) is 48.8 Å². The summed E-state index contributed by atoms with van der Waals surface area (Å²) in [4.78, 5) is 8.01. The van der Waals surface area contributed by atoms with E-state index >= 15 is 0 Å². The number of nitrogens with one attached hydrogen (secondary N) is 1. The predicted molar refractivity (Wildman–Crippen MR) is 127 cm³/mol. The summed E-state index contributed by atoms with van der Waals surface area (Å²) < 4.78 is 27.5. The van der Waals surface area contributed by atoms with Crippen LogP contribution in [0.25, 0.3) is 11.1 Å². The lowest BCUT2D eigenvalue weighted by molar-refractivity contribution is -0.129. The van der Waals surface area contributed by atoms with Crippen LogP contribution >= 0.6 is 11.6 Å². The van der Waals surface area contributed by atoms with E-state index < -0.39 is 17.8 Å². The van der Waals surface area contributed by atoms with Gasteiger partial charge in [0.25, 0.3) is 0 Å². The lowest BCUT2D eigenvalue weighted by Crippen LogP contribution is -2.63. The van der Waals surface area contributed by atoms with Crippen molar-refractivity contribution in [2.45, 2.75) is 50.0 Å². The molecule has 2 fully saturated rings. The van der Waals surface area contributed by atoms with Crippen molar-refractivity contribution < 1.29 is 13.9 Å². The van der Waals surface area contributed by atoms with Gasteiger partial charge in [0.2, 0.25) is 5.95 Å². The number of morpholine rings is 1. The average Bonchev–Trinajstić information content (AvgIpc) is 2.86. The number of aromatic nitrogens is 2. The van der Waals surface area contributed by atoms with Gasteiger partial charge in [0.05, 0.1) is 6.20 Å². The molecule has 1 unspecified atom stereocenters. The van der Waals surface area contributed by atoms with Gasteiger partial charge in [-0.15, -0.1) is 0 Å². The van der Waals surface area contributed by atoms with E-state index in [2.05, 4.69) is 15.3 Å². The molecule has 3 aliphatic rings. The Balaban J connectivity index is 1.46. The quantitative estimate of drug-likeness (QED) is 0.494. The van der Waals surface area contributed by atoms with E-state index in [4.69, 9.17) is 26.8 Å². The third-order valence-electron chi connectivity index (χ3n) is 7.41. The number of hydrogen-bond acceptors (Lipinski definition) is 6. The third-order valence-corrected chi connectivity index (χ3v) is 7.62. The number of nitrogens with zero attached hydrogens (tertiary/aromatic N) is 2. The topological polar surface area (TPSA) is 82.3 Å². The molecule has 1 spiro atoms. The van der Waals surface area contributed by atoms with Crippen LogP contribution in [0.5, 0.6) is 11.5 Å². The number of ether oxygens (including phenoxy) is 2. The molecule has 3 N–H and O–H groups in total. The number of halogens is 2. The minimum atomic E-state index is -0.950. The normalized spacial score (nSPS) is 26.6. The van der Waals surface area contributed by atoms with Gasteiger partial charge >= 0.3 is 0 Å². The molecule has 2 aromatic heterocycles. The molecule has 4 heterocycles. The Bertz CT molecular complexity index is 1240. The average molecular weight is 481 g/mol. The summed E-state index contributed by atoms with van der Waals surface area (Å²) in [5.74, 6) is 1.14. The first kappa shape index (κ1) is 21.9. The van der Waals surface area contributed by atoms with Crippen molar-refractivity contribution in [1.82, 2.24) is 15.3 Å². The Morgan fingerprint density at radius 1 is 1.06 bits per heavy atom. The molecular formula is C26H26ClFN4O2. The maximum atomic E-state index is 14.5. The molecule has 1 saturated heterocycles. The zero-order chi connectivity index (χ0) is 23.3. The summed E-state index contributed by atoms with van der Waals surface area (Å²) in [6.45, 7) is 0.491. The highest BCUT2D eigenvalue weighted by atomic mass is 35.5. The van der Waals surface area contributed by atoms with Gasteiger partial charge in [0, 0.05) is 35.5 Å². The highest BCUT2D eigenvalue weighted by Crippen LogP contribution is 2.52. The number of fused-ring (bicyclic) bond motifs is 4. The summed E-state index contributed by atoms with van der Waals surface area (Å²) in [6, 6.07) is 10.8. The monoisotopic (exact) mass is 480 g/mol. The first-order valence-corrected chi connectivity index (χ1v) is 12.2. The molecule has 6 rings (SSSR count). The van der Waals surface area contributed by atoms with Crippen molar-refractivity contribution in [2.75, 3.05) is 6.54 Å². The molecule has 1 saturated carbocycles. The van der Waals surface area contributed by atoms with Crippen LogP contribution in [0.1, 0.15) is 43.2 Å². The molecule has 34 heavy (non-hydrogen) atoms. The Morgan fingerprint density at radius 2 is 1.88 bits per heavy atom. The molecule has 8 heteroatoms. The first-order valence-electron chi connectivity index (χ1n) is 11.8. The van der Waals surface area contributed by atoms with E-state index in [0.29, 0.717) is 40.2 Å². The van der Waals surface area contributed by atoms with E-state index in [9.17, 15) is 4.39 Å². The van der Waals surface area contributed by atoms with E-state index in [1.54, 1.807) is 24.4 Å². The van der Waals surface area contributed by atoms with Crippen molar-refractivity contribution >= 4 is 11.6 Å². The third kappa shape index (κ3) is 3.58. The zero-order valence-electron chi connectivity index (χ0n) is 18.6. The van der Waals surface area contributed by atoms with Gasteiger partial charge < -0.3 is 20.5 Å². The number of pyridine rings is 2. The van der Waals surface area contributed by atoms with Crippen LogP contribution in [0, 0.1) is 11.9 Å². The molecule has 3 atom stereocenters. The number of hydrogen-bond donors (Lipinski definition) is 2. The molecule has 176 valence electrons. The van der Waals surface area contributed by atoms with Crippen LogP contribution in [0.2, 0.25) is 5.15 Å². The van der Waals surface area contributed by atoms with Gasteiger partial charge in [-0.1, -0.05) is 36.9 Å². The van der Waals surface area contributed by atoms with Crippen molar-refractivity contribution in [3.8, 4) is 22.6 Å². The second-order valence-electron chi connectivity index (χ2n) is 9.37. The summed E-state index contributed by atoms with van der Waals surface area (Å²) in [7, 11) is 0. The second-order valence-corrected chi connectivity index (χ2v) is 9.76. The van der Waals surface area contributed by atoms with E-state index in [0.717, 1.165) is 24.0 Å². The standard InChI is InChI=1S/C26H26ClFN4O2/c27-22-12-19-21(13-31-22)33-20-9-8-16(17-7-4-10-30-24(17)28)11-18(20)26(19)14-32-23(25(29)34-26)15-5-2-1-3-6-15/h4,7-13,15,23,25,32H,1-3,5-6,14,29H2/t23-,25?,26-/m0/s1. The Labute approximate surface area is 202 Å². The minimum Gasteiger partial charge on any atom is -0.455 e. The Kier molecular flexibility index (Phi) is 5.53. The molecule has 1 aliphatic carbocycles. The molecule has 0 radical (unpaired) electrons. The molecular weight excluding hydrogens is 455 g/mol. The van der Waals surface area contributed by atoms with Crippen LogP contribution in [0.4, 0.5) is 4.39 Å². The van der Waals surface area contributed by atoms with Crippen molar-refractivity contribution in [3.05, 3.63) is 71.0 Å². The largest absolute Gasteiger partial charge is 0.455 e. The van der Waals surface area contributed by atoms with E-state index in [1.807, 2.05) is 18.2 Å². The molecule has 0 amide bonds. The van der Waals surface area contributed by atoms with Crippen molar-refractivity contribution in [3.63, 3.8) is 0 Å². The lowest BCUT2D eigenvalue weighted by atomic mass is 9.78. The maximum absolute atomic E-state index is 14.5. The Morgan fingerprint density at radius 3 is 2.68 bits per heavy atom. The molecule has 1 aromatic carbocycles. The van der Waals surface area contributed by atoms with Crippen molar-refractivity contribution in [1.29, 1.82) is 0 Å². The van der Waals surface area contributed by atoms with Gasteiger partial charge in [-0.05, 0) is 54.7 Å². The molecule has 6 nitrogen and oxygen atoms in total. The lowest BCUT2D eigenvalue weighted by Gasteiger charge is -2.49. The van der Waals surface area contributed by atoms with Crippen LogP contribution in [-0.2, 0) is 10.3 Å². The van der Waals surface area contributed by atoms with Gasteiger partial charge in [-0.3, -0.25) is 0 Å². The summed E-state index contributed by atoms with van der Waals surface area (Å²) in [6.07, 6.45) is 8.55. The summed E-state index contributed by atoms with van der Waals surface area (Å²) in [5, 5.41) is 4.05.